The first-order valence-corrected chi connectivity index (χ1v) is 7.93. The zero-order valence-corrected chi connectivity index (χ0v) is 15.4. The summed E-state index contributed by atoms with van der Waals surface area (Å²) in [6.07, 6.45) is 0. The average molecular weight is 365 g/mol. The van der Waals surface area contributed by atoms with Gasteiger partial charge in [0, 0.05) is 19.2 Å². The van der Waals surface area contributed by atoms with E-state index in [9.17, 15) is 4.79 Å². The number of carbonyl (C=O) groups is 1. The molecule has 0 bridgehead atoms. The Morgan fingerprint density at radius 1 is 1.04 bits per heavy atom. The quantitative estimate of drug-likeness (QED) is 0.815. The molecule has 7 heteroatoms. The Kier molecular flexibility index (Phi) is 6.36. The van der Waals surface area contributed by atoms with Crippen molar-refractivity contribution in [1.29, 1.82) is 0 Å². The van der Waals surface area contributed by atoms with Crippen LogP contribution in [0.25, 0.3) is 0 Å². The maximum Gasteiger partial charge on any atom is 0.243 e. The van der Waals surface area contributed by atoms with Crippen molar-refractivity contribution < 1.29 is 19.0 Å². The summed E-state index contributed by atoms with van der Waals surface area (Å²) in [5.74, 6) is 1.40. The van der Waals surface area contributed by atoms with Crippen LogP contribution in [-0.4, -0.2) is 40.8 Å². The lowest BCUT2D eigenvalue weighted by Gasteiger charge is -2.21. The molecule has 0 aliphatic heterocycles. The second kappa shape index (κ2) is 8.48. The second-order valence-electron chi connectivity index (χ2n) is 5.26. The van der Waals surface area contributed by atoms with E-state index in [-0.39, 0.29) is 12.5 Å². The van der Waals surface area contributed by atoms with Crippen LogP contribution >= 0.6 is 11.6 Å². The van der Waals surface area contributed by atoms with Gasteiger partial charge in [-0.05, 0) is 12.1 Å². The molecule has 0 aromatic heterocycles. The number of hydrogen-bond acceptors (Lipinski definition) is 5. The van der Waals surface area contributed by atoms with Gasteiger partial charge >= 0.3 is 0 Å². The molecule has 0 spiro atoms. The molecule has 0 radical (unpaired) electrons. The topological polar surface area (TPSA) is 60.0 Å². The maximum absolute atomic E-state index is 12.4. The number of anilines is 2. The third-order valence-corrected chi connectivity index (χ3v) is 3.92. The highest BCUT2D eigenvalue weighted by atomic mass is 35.5. The van der Waals surface area contributed by atoms with Crippen molar-refractivity contribution in [1.82, 2.24) is 0 Å². The molecule has 0 aliphatic carbocycles. The lowest BCUT2D eigenvalue weighted by molar-refractivity contribution is -0.114. The number of benzene rings is 2. The predicted molar refractivity (Wildman–Crippen MR) is 99.4 cm³/mol. The Morgan fingerprint density at radius 2 is 1.68 bits per heavy atom. The molecule has 0 fully saturated rings. The smallest absolute Gasteiger partial charge is 0.243 e. The number of nitrogens with zero attached hydrogens (tertiary/aromatic N) is 1. The van der Waals surface area contributed by atoms with E-state index in [4.69, 9.17) is 25.8 Å². The molecule has 0 heterocycles. The summed E-state index contributed by atoms with van der Waals surface area (Å²) in [6, 6.07) is 10.7. The van der Waals surface area contributed by atoms with Crippen LogP contribution in [0.5, 0.6) is 17.2 Å². The van der Waals surface area contributed by atoms with Gasteiger partial charge in [0.1, 0.15) is 17.2 Å². The first kappa shape index (κ1) is 18.7. The number of methoxy groups -OCH3 is 3. The van der Waals surface area contributed by atoms with Crippen molar-refractivity contribution in [2.45, 2.75) is 0 Å². The first-order valence-electron chi connectivity index (χ1n) is 7.55. The minimum absolute atomic E-state index is 0.133. The number of ether oxygens (including phenoxy) is 3. The van der Waals surface area contributed by atoms with E-state index in [1.807, 2.05) is 31.3 Å². The maximum atomic E-state index is 12.4. The molecule has 134 valence electrons. The molecule has 1 N–H and O–H groups in total. The van der Waals surface area contributed by atoms with Gasteiger partial charge in [-0.3, -0.25) is 4.79 Å². The Morgan fingerprint density at radius 3 is 2.32 bits per heavy atom. The number of para-hydroxylation sites is 2. The minimum atomic E-state index is -0.212. The van der Waals surface area contributed by atoms with E-state index in [2.05, 4.69) is 5.32 Å². The predicted octanol–water partition coefficient (Wildman–Crippen LogP) is 3.44. The van der Waals surface area contributed by atoms with Gasteiger partial charge in [-0.25, -0.2) is 0 Å². The fourth-order valence-electron chi connectivity index (χ4n) is 2.39. The van der Waals surface area contributed by atoms with E-state index in [1.54, 1.807) is 24.1 Å². The summed E-state index contributed by atoms with van der Waals surface area (Å²) in [5.41, 5.74) is 1.31. The SMILES string of the molecule is COc1cc(NC(=O)CN(C)c2ccccc2OC)c(OC)cc1Cl. The summed E-state index contributed by atoms with van der Waals surface area (Å²) in [7, 11) is 6.43. The molecule has 25 heavy (non-hydrogen) atoms. The van der Waals surface area contributed by atoms with Gasteiger partial charge in [0.25, 0.3) is 0 Å². The Labute approximate surface area is 152 Å². The van der Waals surface area contributed by atoms with Crippen molar-refractivity contribution >= 4 is 28.9 Å². The van der Waals surface area contributed by atoms with E-state index in [0.29, 0.717) is 28.0 Å². The number of rotatable bonds is 7. The van der Waals surface area contributed by atoms with E-state index in [1.165, 1.54) is 14.2 Å². The zero-order valence-electron chi connectivity index (χ0n) is 14.6. The minimum Gasteiger partial charge on any atom is -0.495 e. The largest absolute Gasteiger partial charge is 0.495 e. The van der Waals surface area contributed by atoms with Crippen LogP contribution < -0.4 is 24.4 Å². The van der Waals surface area contributed by atoms with Gasteiger partial charge in [-0.15, -0.1) is 0 Å². The number of carbonyl (C=O) groups excluding carboxylic acids is 1. The fourth-order valence-corrected chi connectivity index (χ4v) is 2.62. The molecule has 0 saturated carbocycles. The standard InChI is InChI=1S/C18H21ClN2O4/c1-21(14-7-5-6-8-15(14)23-2)11-18(22)20-13-10-16(24-3)12(19)9-17(13)25-4/h5-10H,11H2,1-4H3,(H,20,22). The molecule has 0 atom stereocenters. The molecular weight excluding hydrogens is 344 g/mol. The lowest BCUT2D eigenvalue weighted by atomic mass is 10.2. The molecule has 0 aliphatic rings. The molecular formula is C18H21ClN2O4. The van der Waals surface area contributed by atoms with Crippen molar-refractivity contribution in [2.75, 3.05) is 45.1 Å². The van der Waals surface area contributed by atoms with Crippen LogP contribution in [0.3, 0.4) is 0 Å². The third kappa shape index (κ3) is 4.48. The molecule has 2 aromatic rings. The van der Waals surface area contributed by atoms with Crippen molar-refractivity contribution in [3.05, 3.63) is 41.4 Å². The monoisotopic (exact) mass is 364 g/mol. The Bertz CT molecular complexity index is 752. The van der Waals surface area contributed by atoms with Gasteiger partial charge in [-0.1, -0.05) is 23.7 Å². The summed E-state index contributed by atoms with van der Waals surface area (Å²) < 4.78 is 15.8. The van der Waals surface area contributed by atoms with Crippen molar-refractivity contribution in [2.24, 2.45) is 0 Å². The van der Waals surface area contributed by atoms with E-state index in [0.717, 1.165) is 5.69 Å². The summed E-state index contributed by atoms with van der Waals surface area (Å²) in [4.78, 5) is 14.2. The van der Waals surface area contributed by atoms with E-state index >= 15 is 0 Å². The number of likely N-dealkylation sites (N-methyl/N-ethyl adjacent to an activating group) is 1. The Hall–Kier alpha value is -2.60. The molecule has 1 amide bonds. The first-order chi connectivity index (χ1) is 12.0. The highest BCUT2D eigenvalue weighted by Crippen LogP contribution is 2.36. The Balaban J connectivity index is 2.14. The van der Waals surface area contributed by atoms with Crippen LogP contribution in [0, 0.1) is 0 Å². The van der Waals surface area contributed by atoms with Crippen molar-refractivity contribution in [3.63, 3.8) is 0 Å². The van der Waals surface area contributed by atoms with Gasteiger partial charge in [-0.2, -0.15) is 0 Å². The number of hydrogen-bond donors (Lipinski definition) is 1. The van der Waals surface area contributed by atoms with Crippen LogP contribution in [-0.2, 0) is 4.79 Å². The van der Waals surface area contributed by atoms with Crippen LogP contribution in [0.2, 0.25) is 5.02 Å². The third-order valence-electron chi connectivity index (χ3n) is 3.63. The normalized spacial score (nSPS) is 10.1. The van der Waals surface area contributed by atoms with Gasteiger partial charge < -0.3 is 24.4 Å². The van der Waals surface area contributed by atoms with E-state index < -0.39 is 0 Å². The number of amides is 1. The zero-order chi connectivity index (χ0) is 18.4. The highest BCUT2D eigenvalue weighted by molar-refractivity contribution is 6.32. The van der Waals surface area contributed by atoms with Crippen molar-refractivity contribution in [3.8, 4) is 17.2 Å². The molecule has 2 rings (SSSR count). The van der Waals surface area contributed by atoms with Gasteiger partial charge in [0.05, 0.1) is 44.3 Å². The lowest BCUT2D eigenvalue weighted by Crippen LogP contribution is -2.30. The molecule has 2 aromatic carbocycles. The number of halogens is 1. The fraction of sp³-hybridized carbons (Fsp3) is 0.278. The summed E-state index contributed by atoms with van der Waals surface area (Å²) in [5, 5.41) is 3.22. The van der Waals surface area contributed by atoms with Gasteiger partial charge in [0.2, 0.25) is 5.91 Å². The number of nitrogens with one attached hydrogen (secondary N) is 1. The molecule has 0 unspecified atom stereocenters. The average Bonchev–Trinajstić information content (AvgIpc) is 2.62. The molecule has 0 saturated heterocycles. The van der Waals surface area contributed by atoms with Gasteiger partial charge in [0.15, 0.2) is 0 Å². The van der Waals surface area contributed by atoms with Crippen LogP contribution in [0.1, 0.15) is 0 Å². The van der Waals surface area contributed by atoms with Crippen LogP contribution in [0.4, 0.5) is 11.4 Å². The van der Waals surface area contributed by atoms with Crippen LogP contribution in [0.15, 0.2) is 36.4 Å². The summed E-state index contributed by atoms with van der Waals surface area (Å²) in [6.45, 7) is 0.133. The molecule has 6 nitrogen and oxygen atoms in total. The summed E-state index contributed by atoms with van der Waals surface area (Å²) >= 11 is 6.07. The second-order valence-corrected chi connectivity index (χ2v) is 5.67. The highest BCUT2D eigenvalue weighted by Gasteiger charge is 2.15.